The highest BCUT2D eigenvalue weighted by Crippen LogP contribution is 2.27. The van der Waals surface area contributed by atoms with Crippen LogP contribution in [0.3, 0.4) is 0 Å². The SMILES string of the molecule is C=CCN(c1ccccc1)S(=O)(=O)c1ccc(Cl)c(C(=O)OCC(=O)N2CCNC2=O)c1. The molecule has 32 heavy (non-hydrogen) atoms. The molecule has 0 aliphatic carbocycles. The Balaban J connectivity index is 1.83. The van der Waals surface area contributed by atoms with Crippen molar-refractivity contribution in [2.45, 2.75) is 4.90 Å². The van der Waals surface area contributed by atoms with Gasteiger partial charge in [0.25, 0.3) is 15.9 Å². The molecule has 0 spiro atoms. The average molecular weight is 478 g/mol. The Bertz CT molecular complexity index is 1150. The van der Waals surface area contributed by atoms with Crippen LogP contribution in [0, 0.1) is 0 Å². The van der Waals surface area contributed by atoms with E-state index in [4.69, 9.17) is 16.3 Å². The number of anilines is 1. The van der Waals surface area contributed by atoms with Gasteiger partial charge in [0.2, 0.25) is 0 Å². The second kappa shape index (κ2) is 9.84. The van der Waals surface area contributed by atoms with Crippen molar-refractivity contribution in [1.82, 2.24) is 10.2 Å². The van der Waals surface area contributed by atoms with E-state index < -0.39 is 34.5 Å². The van der Waals surface area contributed by atoms with E-state index in [0.29, 0.717) is 12.2 Å². The first kappa shape index (κ1) is 23.3. The molecule has 3 rings (SSSR count). The highest BCUT2D eigenvalue weighted by Gasteiger charge is 2.29. The maximum atomic E-state index is 13.3. The lowest BCUT2D eigenvalue weighted by atomic mass is 10.2. The molecule has 1 aliphatic rings. The fourth-order valence-electron chi connectivity index (χ4n) is 2.99. The number of hydrogen-bond donors (Lipinski definition) is 1. The van der Waals surface area contributed by atoms with E-state index in [1.54, 1.807) is 30.3 Å². The van der Waals surface area contributed by atoms with Gasteiger partial charge in [-0.25, -0.2) is 18.0 Å². The zero-order valence-corrected chi connectivity index (χ0v) is 18.4. The first-order chi connectivity index (χ1) is 15.3. The van der Waals surface area contributed by atoms with Gasteiger partial charge in [0.1, 0.15) is 0 Å². The van der Waals surface area contributed by atoms with Crippen LogP contribution in [0.25, 0.3) is 0 Å². The number of para-hydroxylation sites is 1. The topological polar surface area (TPSA) is 113 Å². The number of carbonyl (C=O) groups is 3. The summed E-state index contributed by atoms with van der Waals surface area (Å²) >= 11 is 6.08. The van der Waals surface area contributed by atoms with Crippen molar-refractivity contribution in [2.24, 2.45) is 0 Å². The van der Waals surface area contributed by atoms with Gasteiger partial charge in [-0.15, -0.1) is 6.58 Å². The van der Waals surface area contributed by atoms with Crippen molar-refractivity contribution in [3.63, 3.8) is 0 Å². The van der Waals surface area contributed by atoms with Gasteiger partial charge in [-0.1, -0.05) is 35.9 Å². The minimum absolute atomic E-state index is 0.00114. The monoisotopic (exact) mass is 477 g/mol. The van der Waals surface area contributed by atoms with Gasteiger partial charge in [0.15, 0.2) is 6.61 Å². The number of amides is 3. The summed E-state index contributed by atoms with van der Waals surface area (Å²) < 4.78 is 32.6. The van der Waals surface area contributed by atoms with Gasteiger partial charge in [-0.2, -0.15) is 0 Å². The Morgan fingerprint density at radius 3 is 2.56 bits per heavy atom. The van der Waals surface area contributed by atoms with E-state index in [1.165, 1.54) is 18.2 Å². The third kappa shape index (κ3) is 4.92. The summed E-state index contributed by atoms with van der Waals surface area (Å²) in [5, 5.41) is 2.42. The highest BCUT2D eigenvalue weighted by molar-refractivity contribution is 7.92. The first-order valence-corrected chi connectivity index (χ1v) is 11.3. The number of nitrogens with zero attached hydrogens (tertiary/aromatic N) is 2. The van der Waals surface area contributed by atoms with E-state index in [9.17, 15) is 22.8 Å². The summed E-state index contributed by atoms with van der Waals surface area (Å²) in [6, 6.07) is 11.5. The third-order valence-electron chi connectivity index (χ3n) is 4.57. The van der Waals surface area contributed by atoms with Gasteiger partial charge < -0.3 is 10.1 Å². The van der Waals surface area contributed by atoms with Crippen LogP contribution in [-0.2, 0) is 19.6 Å². The summed E-state index contributed by atoms with van der Waals surface area (Å²) in [7, 11) is -4.07. The fraction of sp³-hybridized carbons (Fsp3) is 0.190. The Morgan fingerprint density at radius 1 is 1.22 bits per heavy atom. The molecule has 1 aliphatic heterocycles. The highest BCUT2D eigenvalue weighted by atomic mass is 35.5. The van der Waals surface area contributed by atoms with Gasteiger partial charge in [0, 0.05) is 13.1 Å². The molecule has 9 nitrogen and oxygen atoms in total. The zero-order valence-electron chi connectivity index (χ0n) is 16.9. The summed E-state index contributed by atoms with van der Waals surface area (Å²) in [5.41, 5.74) is 0.194. The van der Waals surface area contributed by atoms with Crippen molar-refractivity contribution < 1.29 is 27.5 Å². The molecule has 0 radical (unpaired) electrons. The van der Waals surface area contributed by atoms with E-state index in [2.05, 4.69) is 11.9 Å². The van der Waals surface area contributed by atoms with Crippen LogP contribution >= 0.6 is 11.6 Å². The number of benzene rings is 2. The van der Waals surface area contributed by atoms with Crippen LogP contribution in [0.5, 0.6) is 0 Å². The predicted molar refractivity (Wildman–Crippen MR) is 118 cm³/mol. The number of rotatable bonds is 8. The number of urea groups is 1. The smallest absolute Gasteiger partial charge is 0.340 e. The molecule has 3 amide bonds. The number of nitrogens with one attached hydrogen (secondary N) is 1. The van der Waals surface area contributed by atoms with Gasteiger partial charge in [-0.05, 0) is 30.3 Å². The van der Waals surface area contributed by atoms with Crippen molar-refractivity contribution in [3.05, 3.63) is 71.8 Å². The Kier molecular flexibility index (Phi) is 7.16. The lowest BCUT2D eigenvalue weighted by Gasteiger charge is -2.23. The Morgan fingerprint density at radius 2 is 1.94 bits per heavy atom. The van der Waals surface area contributed by atoms with Gasteiger partial charge >= 0.3 is 12.0 Å². The van der Waals surface area contributed by atoms with Crippen LogP contribution in [0.15, 0.2) is 66.1 Å². The largest absolute Gasteiger partial charge is 0.452 e. The molecule has 11 heteroatoms. The minimum Gasteiger partial charge on any atom is -0.452 e. The predicted octanol–water partition coefficient (Wildman–Crippen LogP) is 2.43. The molecule has 0 unspecified atom stereocenters. The summed E-state index contributed by atoms with van der Waals surface area (Å²) in [6.45, 7) is 3.40. The van der Waals surface area contributed by atoms with Crippen molar-refractivity contribution in [3.8, 4) is 0 Å². The lowest BCUT2D eigenvalue weighted by Crippen LogP contribution is -2.37. The second-order valence-corrected chi connectivity index (χ2v) is 8.92. The molecule has 0 atom stereocenters. The van der Waals surface area contributed by atoms with Crippen LogP contribution in [0.4, 0.5) is 10.5 Å². The number of imide groups is 1. The van der Waals surface area contributed by atoms with Crippen molar-refractivity contribution in [2.75, 3.05) is 30.5 Å². The molecule has 1 fully saturated rings. The molecule has 0 aromatic heterocycles. The number of hydrogen-bond acceptors (Lipinski definition) is 6. The number of ether oxygens (including phenoxy) is 1. The van der Waals surface area contributed by atoms with E-state index in [1.807, 2.05) is 0 Å². The molecular weight excluding hydrogens is 458 g/mol. The van der Waals surface area contributed by atoms with E-state index >= 15 is 0 Å². The quantitative estimate of drug-likeness (QED) is 0.461. The maximum absolute atomic E-state index is 13.3. The normalized spacial score (nSPS) is 13.4. The number of sulfonamides is 1. The Labute approximate surface area is 190 Å². The maximum Gasteiger partial charge on any atom is 0.340 e. The minimum atomic E-state index is -4.07. The fourth-order valence-corrected chi connectivity index (χ4v) is 4.65. The standard InChI is InChI=1S/C21H20ClN3O6S/c1-2-11-25(15-6-4-3-5-7-15)32(29,30)16-8-9-18(22)17(13-16)20(27)31-14-19(26)24-12-10-23-21(24)28/h2-9,13H,1,10-12,14H2,(H,23,28). The molecule has 2 aromatic carbocycles. The van der Waals surface area contributed by atoms with Crippen LogP contribution in [-0.4, -0.2) is 57.5 Å². The van der Waals surface area contributed by atoms with Crippen molar-refractivity contribution >= 4 is 45.2 Å². The number of carbonyl (C=O) groups excluding carboxylic acids is 3. The summed E-state index contributed by atoms with van der Waals surface area (Å²) in [4.78, 5) is 36.8. The first-order valence-electron chi connectivity index (χ1n) is 9.49. The number of esters is 1. The molecule has 0 bridgehead atoms. The van der Waals surface area contributed by atoms with Crippen LogP contribution in [0.2, 0.25) is 5.02 Å². The average Bonchev–Trinajstić information content (AvgIpc) is 3.22. The van der Waals surface area contributed by atoms with E-state index in [0.717, 1.165) is 15.3 Å². The molecular formula is C21H20ClN3O6S. The van der Waals surface area contributed by atoms with E-state index in [-0.39, 0.29) is 28.6 Å². The number of halogens is 1. The summed E-state index contributed by atoms with van der Waals surface area (Å²) in [5.74, 6) is -1.69. The third-order valence-corrected chi connectivity index (χ3v) is 6.69. The van der Waals surface area contributed by atoms with Crippen molar-refractivity contribution in [1.29, 1.82) is 0 Å². The Hall–Kier alpha value is -3.37. The van der Waals surface area contributed by atoms with Crippen LogP contribution in [0.1, 0.15) is 10.4 Å². The molecule has 168 valence electrons. The summed E-state index contributed by atoms with van der Waals surface area (Å²) in [6.07, 6.45) is 1.44. The molecule has 0 saturated carbocycles. The van der Waals surface area contributed by atoms with Gasteiger partial charge in [0.05, 0.1) is 27.7 Å². The zero-order chi connectivity index (χ0) is 23.3. The molecule has 2 aromatic rings. The van der Waals surface area contributed by atoms with Crippen LogP contribution < -0.4 is 9.62 Å². The molecule has 1 saturated heterocycles. The van der Waals surface area contributed by atoms with Gasteiger partial charge in [-0.3, -0.25) is 14.0 Å². The molecule has 1 N–H and O–H groups in total. The molecule has 1 heterocycles. The lowest BCUT2D eigenvalue weighted by molar-refractivity contribution is -0.130. The second-order valence-electron chi connectivity index (χ2n) is 6.66.